The van der Waals surface area contributed by atoms with Crippen molar-refractivity contribution in [1.82, 2.24) is 5.32 Å². The molecule has 1 heterocycles. The fraction of sp³-hybridized carbons (Fsp3) is 0.571. The molecule has 100 valence electrons. The topological polar surface area (TPSA) is 12.0 Å². The fourth-order valence-corrected chi connectivity index (χ4v) is 4.10. The van der Waals surface area contributed by atoms with Gasteiger partial charge in [-0.05, 0) is 60.4 Å². The molecule has 1 N–H and O–H groups in total. The van der Waals surface area contributed by atoms with Gasteiger partial charge in [-0.2, -0.15) is 11.8 Å². The van der Waals surface area contributed by atoms with Crippen molar-refractivity contribution in [2.45, 2.75) is 30.7 Å². The normalized spacial score (nSPS) is 18.7. The third kappa shape index (κ3) is 4.09. The molecule has 0 fully saturated rings. The highest BCUT2D eigenvalue weighted by Crippen LogP contribution is 2.37. The smallest absolute Gasteiger partial charge is 0.0410 e. The summed E-state index contributed by atoms with van der Waals surface area (Å²) in [6.07, 6.45) is 2.46. The van der Waals surface area contributed by atoms with E-state index in [1.54, 1.807) is 0 Å². The van der Waals surface area contributed by atoms with E-state index in [9.17, 15) is 0 Å². The second kappa shape index (κ2) is 7.68. The van der Waals surface area contributed by atoms with Gasteiger partial charge in [-0.3, -0.25) is 0 Å². The van der Waals surface area contributed by atoms with Gasteiger partial charge in [0.25, 0.3) is 0 Å². The molecule has 0 bridgehead atoms. The molecule has 4 heteroatoms. The van der Waals surface area contributed by atoms with Crippen LogP contribution in [0.2, 0.25) is 5.02 Å². The van der Waals surface area contributed by atoms with E-state index in [4.69, 9.17) is 11.6 Å². The van der Waals surface area contributed by atoms with Crippen LogP contribution in [0, 0.1) is 0 Å². The zero-order chi connectivity index (χ0) is 12.8. The summed E-state index contributed by atoms with van der Waals surface area (Å²) < 4.78 is 0. The first-order valence-electron chi connectivity index (χ1n) is 6.54. The first kappa shape index (κ1) is 14.6. The van der Waals surface area contributed by atoms with Crippen LogP contribution in [-0.2, 0) is 0 Å². The van der Waals surface area contributed by atoms with Gasteiger partial charge in [0, 0.05) is 16.0 Å². The van der Waals surface area contributed by atoms with Crippen molar-refractivity contribution in [3.63, 3.8) is 0 Å². The number of hydrogen-bond donors (Lipinski definition) is 1. The Bertz CT molecular complexity index is 384. The summed E-state index contributed by atoms with van der Waals surface area (Å²) in [6, 6.07) is 6.77. The van der Waals surface area contributed by atoms with Gasteiger partial charge >= 0.3 is 0 Å². The first-order chi connectivity index (χ1) is 8.81. The van der Waals surface area contributed by atoms with E-state index in [0.717, 1.165) is 11.6 Å². The highest BCUT2D eigenvalue weighted by molar-refractivity contribution is 7.99. The van der Waals surface area contributed by atoms with Gasteiger partial charge in [0.05, 0.1) is 0 Å². The SMILES string of the molecule is CCSCCCNC1CCSc2ccc(Cl)cc21. The quantitative estimate of drug-likeness (QED) is 0.771. The number of rotatable bonds is 6. The highest BCUT2D eigenvalue weighted by atomic mass is 35.5. The van der Waals surface area contributed by atoms with E-state index in [-0.39, 0.29) is 0 Å². The molecule has 1 aliphatic heterocycles. The molecular formula is C14H20ClNS2. The zero-order valence-corrected chi connectivity index (χ0v) is 13.1. The standard InChI is InChI=1S/C14H20ClNS2/c1-2-17-8-3-7-16-13-6-9-18-14-5-4-11(15)10-12(13)14/h4-5,10,13,16H,2-3,6-9H2,1H3. The van der Waals surface area contributed by atoms with Crippen molar-refractivity contribution in [2.75, 3.05) is 23.8 Å². The van der Waals surface area contributed by atoms with Crippen molar-refractivity contribution in [1.29, 1.82) is 0 Å². The van der Waals surface area contributed by atoms with Gasteiger partial charge in [-0.15, -0.1) is 11.8 Å². The highest BCUT2D eigenvalue weighted by Gasteiger charge is 2.20. The number of nitrogens with one attached hydrogen (secondary N) is 1. The minimum atomic E-state index is 0.492. The summed E-state index contributed by atoms with van der Waals surface area (Å²) in [5, 5.41) is 4.53. The largest absolute Gasteiger partial charge is 0.310 e. The summed E-state index contributed by atoms with van der Waals surface area (Å²) in [5.41, 5.74) is 1.39. The van der Waals surface area contributed by atoms with Gasteiger partial charge in [0.2, 0.25) is 0 Å². The van der Waals surface area contributed by atoms with E-state index in [1.807, 2.05) is 29.6 Å². The lowest BCUT2D eigenvalue weighted by atomic mass is 10.0. The molecule has 1 nitrogen and oxygen atoms in total. The Hall–Kier alpha value is 0.170. The van der Waals surface area contributed by atoms with Crippen LogP contribution in [0.5, 0.6) is 0 Å². The number of benzene rings is 1. The van der Waals surface area contributed by atoms with Crippen LogP contribution in [0.1, 0.15) is 31.4 Å². The average Bonchev–Trinajstić information content (AvgIpc) is 2.39. The van der Waals surface area contributed by atoms with Crippen molar-refractivity contribution < 1.29 is 0 Å². The van der Waals surface area contributed by atoms with Crippen LogP contribution in [-0.4, -0.2) is 23.8 Å². The summed E-state index contributed by atoms with van der Waals surface area (Å²) in [4.78, 5) is 1.39. The van der Waals surface area contributed by atoms with E-state index in [0.29, 0.717) is 6.04 Å². The minimum Gasteiger partial charge on any atom is -0.310 e. The van der Waals surface area contributed by atoms with Gasteiger partial charge in [-0.25, -0.2) is 0 Å². The summed E-state index contributed by atoms with van der Waals surface area (Å²) in [6.45, 7) is 3.32. The maximum absolute atomic E-state index is 6.10. The first-order valence-corrected chi connectivity index (χ1v) is 9.06. The Kier molecular flexibility index (Phi) is 6.22. The fourth-order valence-electron chi connectivity index (χ4n) is 2.17. The monoisotopic (exact) mass is 301 g/mol. The molecule has 0 spiro atoms. The van der Waals surface area contributed by atoms with E-state index < -0.39 is 0 Å². The van der Waals surface area contributed by atoms with Gasteiger partial charge in [-0.1, -0.05) is 18.5 Å². The predicted molar refractivity (Wildman–Crippen MR) is 85.2 cm³/mol. The molecule has 1 atom stereocenters. The molecule has 0 saturated heterocycles. The molecule has 0 aromatic heterocycles. The lowest BCUT2D eigenvalue weighted by molar-refractivity contribution is 0.511. The molecule has 1 aromatic carbocycles. The molecule has 1 aromatic rings. The Balaban J connectivity index is 1.89. The maximum atomic E-state index is 6.10. The van der Waals surface area contributed by atoms with Crippen LogP contribution in [0.25, 0.3) is 0 Å². The Morgan fingerprint density at radius 2 is 2.39 bits per heavy atom. The Morgan fingerprint density at radius 3 is 3.22 bits per heavy atom. The van der Waals surface area contributed by atoms with Crippen LogP contribution in [0.4, 0.5) is 0 Å². The number of thioether (sulfide) groups is 2. The second-order valence-corrected chi connectivity index (χ2v) is 7.34. The van der Waals surface area contributed by atoms with E-state index in [1.165, 1.54) is 40.6 Å². The Labute approximate surface area is 123 Å². The van der Waals surface area contributed by atoms with Crippen LogP contribution in [0.15, 0.2) is 23.1 Å². The van der Waals surface area contributed by atoms with Crippen LogP contribution < -0.4 is 5.32 Å². The molecule has 2 rings (SSSR count). The van der Waals surface area contributed by atoms with Crippen molar-refractivity contribution >= 4 is 35.1 Å². The molecule has 0 saturated carbocycles. The van der Waals surface area contributed by atoms with Gasteiger partial charge < -0.3 is 5.32 Å². The zero-order valence-electron chi connectivity index (χ0n) is 10.7. The third-order valence-electron chi connectivity index (χ3n) is 3.07. The minimum absolute atomic E-state index is 0.492. The van der Waals surface area contributed by atoms with Crippen LogP contribution in [0.3, 0.4) is 0 Å². The van der Waals surface area contributed by atoms with Crippen molar-refractivity contribution in [2.24, 2.45) is 0 Å². The van der Waals surface area contributed by atoms with Crippen molar-refractivity contribution in [3.05, 3.63) is 28.8 Å². The number of halogens is 1. The molecule has 1 aliphatic rings. The second-order valence-electron chi connectivity index (χ2n) is 4.38. The van der Waals surface area contributed by atoms with E-state index in [2.05, 4.69) is 24.4 Å². The number of hydrogen-bond acceptors (Lipinski definition) is 3. The summed E-state index contributed by atoms with van der Waals surface area (Å²) >= 11 is 10.1. The lowest BCUT2D eigenvalue weighted by Gasteiger charge is -2.26. The third-order valence-corrected chi connectivity index (χ3v) is 5.41. The van der Waals surface area contributed by atoms with Crippen LogP contribution >= 0.6 is 35.1 Å². The van der Waals surface area contributed by atoms with Gasteiger partial charge in [0.1, 0.15) is 0 Å². The average molecular weight is 302 g/mol. The predicted octanol–water partition coefficient (Wildman–Crippen LogP) is 4.61. The molecule has 18 heavy (non-hydrogen) atoms. The molecule has 0 radical (unpaired) electrons. The van der Waals surface area contributed by atoms with Crippen molar-refractivity contribution in [3.8, 4) is 0 Å². The maximum Gasteiger partial charge on any atom is 0.0410 e. The van der Waals surface area contributed by atoms with Gasteiger partial charge in [0.15, 0.2) is 0 Å². The molecule has 1 unspecified atom stereocenters. The Morgan fingerprint density at radius 1 is 1.50 bits per heavy atom. The lowest BCUT2D eigenvalue weighted by Crippen LogP contribution is -2.25. The molecule has 0 aliphatic carbocycles. The molecule has 0 amide bonds. The summed E-state index contributed by atoms with van der Waals surface area (Å²) in [5.74, 6) is 3.68. The number of fused-ring (bicyclic) bond motifs is 1. The van der Waals surface area contributed by atoms with E-state index >= 15 is 0 Å². The summed E-state index contributed by atoms with van der Waals surface area (Å²) in [7, 11) is 0. The molecular weight excluding hydrogens is 282 g/mol.